The number of carboxylic acid groups (broad SMARTS) is 1. The molecule has 112 valence electrons. The van der Waals surface area contributed by atoms with Gasteiger partial charge in [-0.3, -0.25) is 4.79 Å². The minimum absolute atomic E-state index is 0.0645. The number of sulfonamides is 1. The zero-order valence-electron chi connectivity index (χ0n) is 11.3. The molecule has 1 aliphatic carbocycles. The molecule has 1 heterocycles. The number of aryl methyl sites for hydroxylation is 1. The number of hydrogen-bond donors (Lipinski definition) is 3. The van der Waals surface area contributed by atoms with Crippen LogP contribution in [0.5, 0.6) is 0 Å². The number of H-pyrrole nitrogens is 1. The van der Waals surface area contributed by atoms with E-state index in [9.17, 15) is 13.2 Å². The Kier molecular flexibility index (Phi) is 4.44. The van der Waals surface area contributed by atoms with Crippen molar-refractivity contribution >= 4 is 16.0 Å². The maximum atomic E-state index is 12.1. The molecule has 3 N–H and O–H groups in total. The summed E-state index contributed by atoms with van der Waals surface area (Å²) in [7, 11) is -3.60. The van der Waals surface area contributed by atoms with E-state index in [-0.39, 0.29) is 17.0 Å². The molecule has 1 fully saturated rings. The number of hydrogen-bond acceptors (Lipinski definition) is 4. The van der Waals surface area contributed by atoms with E-state index in [2.05, 4.69) is 14.7 Å². The number of imidazole rings is 1. The summed E-state index contributed by atoms with van der Waals surface area (Å²) in [6.07, 6.45) is 4.05. The smallest absolute Gasteiger partial charge is 0.306 e. The minimum Gasteiger partial charge on any atom is -0.481 e. The lowest BCUT2D eigenvalue weighted by Crippen LogP contribution is -2.38. The highest BCUT2D eigenvalue weighted by Crippen LogP contribution is 2.25. The molecule has 0 saturated heterocycles. The molecule has 0 bridgehead atoms. The molecule has 0 aliphatic heterocycles. The highest BCUT2D eigenvalue weighted by molar-refractivity contribution is 7.89. The zero-order chi connectivity index (χ0) is 14.8. The Morgan fingerprint density at radius 3 is 2.60 bits per heavy atom. The van der Waals surface area contributed by atoms with E-state index < -0.39 is 16.0 Å². The first kappa shape index (κ1) is 15.0. The molecule has 0 spiro atoms. The molecule has 0 unspecified atom stereocenters. The van der Waals surface area contributed by atoms with Gasteiger partial charge < -0.3 is 10.1 Å². The van der Waals surface area contributed by atoms with Gasteiger partial charge in [-0.15, -0.1) is 0 Å². The fourth-order valence-corrected chi connectivity index (χ4v) is 3.65. The SMILES string of the molecule is CCc1ncc(S(=O)(=O)NC2CCC(C(=O)O)CC2)[nH]1. The van der Waals surface area contributed by atoms with Crippen LogP contribution in [0, 0.1) is 5.92 Å². The fraction of sp³-hybridized carbons (Fsp3) is 0.667. The van der Waals surface area contributed by atoms with Crippen molar-refractivity contribution in [3.05, 3.63) is 12.0 Å². The molecule has 20 heavy (non-hydrogen) atoms. The van der Waals surface area contributed by atoms with E-state index in [1.165, 1.54) is 6.20 Å². The number of aromatic amines is 1. The number of rotatable bonds is 5. The summed E-state index contributed by atoms with van der Waals surface area (Å²) in [6.45, 7) is 1.88. The van der Waals surface area contributed by atoms with Crippen LogP contribution in [-0.2, 0) is 21.2 Å². The molecule has 2 rings (SSSR count). The topological polar surface area (TPSA) is 112 Å². The van der Waals surface area contributed by atoms with E-state index in [4.69, 9.17) is 5.11 Å². The Morgan fingerprint density at radius 2 is 2.10 bits per heavy atom. The van der Waals surface area contributed by atoms with Crippen molar-refractivity contribution in [2.45, 2.75) is 50.1 Å². The van der Waals surface area contributed by atoms with E-state index in [1.54, 1.807) is 0 Å². The average Bonchev–Trinajstić information content (AvgIpc) is 2.88. The highest BCUT2D eigenvalue weighted by Gasteiger charge is 2.29. The van der Waals surface area contributed by atoms with Crippen LogP contribution in [-0.4, -0.2) is 35.5 Å². The monoisotopic (exact) mass is 301 g/mol. The van der Waals surface area contributed by atoms with Crippen LogP contribution >= 0.6 is 0 Å². The van der Waals surface area contributed by atoms with Gasteiger partial charge in [0.1, 0.15) is 5.82 Å². The summed E-state index contributed by atoms with van der Waals surface area (Å²) in [6, 6.07) is -0.205. The van der Waals surface area contributed by atoms with Gasteiger partial charge in [0.25, 0.3) is 10.0 Å². The van der Waals surface area contributed by atoms with E-state index >= 15 is 0 Å². The summed E-state index contributed by atoms with van der Waals surface area (Å²) in [5.74, 6) is -0.526. The van der Waals surface area contributed by atoms with Gasteiger partial charge >= 0.3 is 5.97 Å². The third kappa shape index (κ3) is 3.37. The lowest BCUT2D eigenvalue weighted by atomic mass is 9.87. The predicted molar refractivity (Wildman–Crippen MR) is 71.7 cm³/mol. The van der Waals surface area contributed by atoms with Gasteiger partial charge in [0.15, 0.2) is 5.03 Å². The van der Waals surface area contributed by atoms with Gasteiger partial charge in [-0.1, -0.05) is 6.92 Å². The number of nitrogens with one attached hydrogen (secondary N) is 2. The van der Waals surface area contributed by atoms with E-state index in [0.29, 0.717) is 37.9 Å². The van der Waals surface area contributed by atoms with Crippen molar-refractivity contribution in [2.24, 2.45) is 5.92 Å². The summed E-state index contributed by atoms with van der Waals surface area (Å²) >= 11 is 0. The molecule has 1 aromatic rings. The van der Waals surface area contributed by atoms with Crippen LogP contribution in [0.15, 0.2) is 11.2 Å². The molecule has 0 amide bonds. The minimum atomic E-state index is -3.60. The highest BCUT2D eigenvalue weighted by atomic mass is 32.2. The number of aliphatic carboxylic acids is 1. The van der Waals surface area contributed by atoms with Crippen LogP contribution in [0.4, 0.5) is 0 Å². The van der Waals surface area contributed by atoms with Crippen LogP contribution in [0.2, 0.25) is 0 Å². The number of aromatic nitrogens is 2. The van der Waals surface area contributed by atoms with Crippen molar-refractivity contribution < 1.29 is 18.3 Å². The quantitative estimate of drug-likeness (QED) is 0.748. The third-order valence-electron chi connectivity index (χ3n) is 3.63. The predicted octanol–water partition coefficient (Wildman–Crippen LogP) is 0.894. The maximum absolute atomic E-state index is 12.1. The van der Waals surface area contributed by atoms with Gasteiger partial charge in [0, 0.05) is 12.5 Å². The van der Waals surface area contributed by atoms with Gasteiger partial charge in [0.2, 0.25) is 0 Å². The summed E-state index contributed by atoms with van der Waals surface area (Å²) in [5, 5.41) is 8.98. The lowest BCUT2D eigenvalue weighted by Gasteiger charge is -2.26. The molecule has 1 saturated carbocycles. The third-order valence-corrected chi connectivity index (χ3v) is 5.06. The Bertz CT molecular complexity index is 573. The first-order chi connectivity index (χ1) is 9.42. The largest absolute Gasteiger partial charge is 0.481 e. The van der Waals surface area contributed by atoms with Crippen molar-refractivity contribution in [1.29, 1.82) is 0 Å². The van der Waals surface area contributed by atoms with Crippen LogP contribution in [0.25, 0.3) is 0 Å². The Morgan fingerprint density at radius 1 is 1.45 bits per heavy atom. The van der Waals surface area contributed by atoms with Gasteiger partial charge in [-0.2, -0.15) is 0 Å². The molecule has 0 radical (unpaired) electrons. The Balaban J connectivity index is 1.98. The second-order valence-electron chi connectivity index (χ2n) is 5.06. The van der Waals surface area contributed by atoms with Crippen molar-refractivity contribution in [3.63, 3.8) is 0 Å². The molecule has 0 atom stereocenters. The first-order valence-electron chi connectivity index (χ1n) is 6.71. The van der Waals surface area contributed by atoms with Crippen LogP contribution in [0.1, 0.15) is 38.4 Å². The van der Waals surface area contributed by atoms with E-state index in [1.807, 2.05) is 6.92 Å². The van der Waals surface area contributed by atoms with Crippen molar-refractivity contribution in [2.75, 3.05) is 0 Å². The zero-order valence-corrected chi connectivity index (χ0v) is 12.1. The maximum Gasteiger partial charge on any atom is 0.306 e. The number of nitrogens with zero attached hydrogens (tertiary/aromatic N) is 1. The van der Waals surface area contributed by atoms with E-state index in [0.717, 1.165) is 0 Å². The first-order valence-corrected chi connectivity index (χ1v) is 8.19. The molecule has 8 heteroatoms. The van der Waals surface area contributed by atoms with Crippen LogP contribution < -0.4 is 4.72 Å². The average molecular weight is 301 g/mol. The fourth-order valence-electron chi connectivity index (χ4n) is 2.40. The molecule has 7 nitrogen and oxygen atoms in total. The second-order valence-corrected chi connectivity index (χ2v) is 6.74. The Hall–Kier alpha value is -1.41. The van der Waals surface area contributed by atoms with Crippen molar-refractivity contribution in [1.82, 2.24) is 14.7 Å². The molecular weight excluding hydrogens is 282 g/mol. The van der Waals surface area contributed by atoms with Crippen LogP contribution in [0.3, 0.4) is 0 Å². The molecular formula is C12H19N3O4S. The Labute approximate surface area is 117 Å². The molecule has 1 aliphatic rings. The number of carbonyl (C=O) groups is 1. The molecule has 1 aromatic heterocycles. The van der Waals surface area contributed by atoms with Gasteiger partial charge in [-0.25, -0.2) is 18.1 Å². The summed E-state index contributed by atoms with van der Waals surface area (Å²) in [5.41, 5.74) is 0. The summed E-state index contributed by atoms with van der Waals surface area (Å²) < 4.78 is 26.9. The summed E-state index contributed by atoms with van der Waals surface area (Å²) in [4.78, 5) is 17.6. The standard InChI is InChI=1S/C12H19N3O4S/c1-2-10-13-7-11(14-10)20(18,19)15-9-5-3-8(4-6-9)12(16)17/h7-9,15H,2-6H2,1H3,(H,13,14)(H,16,17). The van der Waals surface area contributed by atoms with Gasteiger partial charge in [0.05, 0.1) is 12.1 Å². The number of carboxylic acids is 1. The second kappa shape index (κ2) is 5.92. The van der Waals surface area contributed by atoms with Crippen molar-refractivity contribution in [3.8, 4) is 0 Å². The van der Waals surface area contributed by atoms with Gasteiger partial charge in [-0.05, 0) is 25.7 Å². The lowest BCUT2D eigenvalue weighted by molar-refractivity contribution is -0.142. The normalized spacial score (nSPS) is 23.6. The molecule has 0 aromatic carbocycles.